The van der Waals surface area contributed by atoms with Crippen molar-refractivity contribution >= 4 is 28.3 Å². The van der Waals surface area contributed by atoms with Crippen molar-refractivity contribution in [2.45, 2.75) is 78.7 Å². The highest BCUT2D eigenvalue weighted by atomic mass is 32.1. The van der Waals surface area contributed by atoms with E-state index in [4.69, 9.17) is 4.74 Å². The minimum Gasteiger partial charge on any atom is -0.373 e. The molecule has 1 aromatic carbocycles. The number of anilines is 1. The first-order valence-electron chi connectivity index (χ1n) is 12.0. The Balaban J connectivity index is 1.60. The van der Waals surface area contributed by atoms with E-state index in [1.807, 2.05) is 43.5 Å². The number of ether oxygens (including phenoxy) is 1. The molecule has 2 amide bonds. The van der Waals surface area contributed by atoms with Crippen molar-refractivity contribution in [3.63, 3.8) is 0 Å². The fourth-order valence-electron chi connectivity index (χ4n) is 4.14. The molecule has 3 atom stereocenters. The van der Waals surface area contributed by atoms with Crippen LogP contribution in [0.4, 0.5) is 5.13 Å². The minimum absolute atomic E-state index is 0.0141. The molecule has 0 aliphatic carbocycles. The number of carbonyl (C=O) groups is 2. The summed E-state index contributed by atoms with van der Waals surface area (Å²) in [5, 5.41) is 8.31. The number of morpholine rings is 1. The predicted molar refractivity (Wildman–Crippen MR) is 137 cm³/mol. The molecule has 7 nitrogen and oxygen atoms in total. The Morgan fingerprint density at radius 2 is 1.76 bits per heavy atom. The van der Waals surface area contributed by atoms with Gasteiger partial charge in [-0.15, -0.1) is 11.3 Å². The van der Waals surface area contributed by atoms with Gasteiger partial charge in [-0.05, 0) is 42.9 Å². The van der Waals surface area contributed by atoms with Crippen LogP contribution in [0.3, 0.4) is 0 Å². The van der Waals surface area contributed by atoms with Gasteiger partial charge in [-0.3, -0.25) is 14.5 Å². The number of carbonyl (C=O) groups excluding carboxylic acids is 2. The second-order valence-electron chi connectivity index (χ2n) is 10.6. The third-order valence-corrected chi connectivity index (χ3v) is 6.72. The Bertz CT molecular complexity index is 971. The van der Waals surface area contributed by atoms with Gasteiger partial charge in [0.15, 0.2) is 5.13 Å². The maximum atomic E-state index is 13.0. The van der Waals surface area contributed by atoms with E-state index in [2.05, 4.69) is 55.1 Å². The lowest BCUT2D eigenvalue weighted by Crippen LogP contribution is -2.47. The van der Waals surface area contributed by atoms with Crippen LogP contribution < -0.4 is 10.6 Å². The zero-order valence-electron chi connectivity index (χ0n) is 21.3. The summed E-state index contributed by atoms with van der Waals surface area (Å²) in [5.41, 5.74) is 2.63. The molecule has 3 unspecified atom stereocenters. The molecule has 0 spiro atoms. The number of nitrogens with one attached hydrogen (secondary N) is 2. The van der Waals surface area contributed by atoms with Crippen LogP contribution in [0.15, 0.2) is 29.6 Å². The Morgan fingerprint density at radius 1 is 1.15 bits per heavy atom. The molecule has 2 N–H and O–H groups in total. The van der Waals surface area contributed by atoms with Gasteiger partial charge in [0.1, 0.15) is 6.04 Å². The van der Waals surface area contributed by atoms with Gasteiger partial charge in [0.05, 0.1) is 17.9 Å². The van der Waals surface area contributed by atoms with Gasteiger partial charge in [-0.25, -0.2) is 4.98 Å². The zero-order chi connectivity index (χ0) is 25.0. The highest BCUT2D eigenvalue weighted by Crippen LogP contribution is 2.23. The molecule has 2 heterocycles. The van der Waals surface area contributed by atoms with Gasteiger partial charge < -0.3 is 15.4 Å². The molecule has 0 bridgehead atoms. The van der Waals surface area contributed by atoms with Crippen LogP contribution in [0.2, 0.25) is 0 Å². The molecule has 186 valence electrons. The van der Waals surface area contributed by atoms with Crippen molar-refractivity contribution in [2.75, 3.05) is 18.4 Å². The second-order valence-corrected chi connectivity index (χ2v) is 11.5. The number of benzene rings is 1. The average molecular weight is 487 g/mol. The van der Waals surface area contributed by atoms with Crippen LogP contribution in [-0.2, 0) is 21.5 Å². The van der Waals surface area contributed by atoms with E-state index in [-0.39, 0.29) is 35.4 Å². The van der Waals surface area contributed by atoms with Gasteiger partial charge in [-0.2, -0.15) is 0 Å². The maximum absolute atomic E-state index is 13.0. The van der Waals surface area contributed by atoms with Crippen LogP contribution >= 0.6 is 11.3 Å². The number of hydrogen-bond acceptors (Lipinski definition) is 6. The number of thiazole rings is 1. The number of hydrogen-bond donors (Lipinski definition) is 2. The Morgan fingerprint density at radius 3 is 2.32 bits per heavy atom. The summed E-state index contributed by atoms with van der Waals surface area (Å²) < 4.78 is 5.79. The summed E-state index contributed by atoms with van der Waals surface area (Å²) in [4.78, 5) is 32.8. The number of rotatable bonds is 7. The Hall–Kier alpha value is -2.29. The molecular formula is C26H38N4O3S. The summed E-state index contributed by atoms with van der Waals surface area (Å²) in [7, 11) is 0. The van der Waals surface area contributed by atoms with Crippen LogP contribution in [0, 0.1) is 5.92 Å². The van der Waals surface area contributed by atoms with E-state index >= 15 is 0 Å². The SMILES string of the molecule is CC1CN(Cc2csc(NC(=O)C(NC(=O)c3ccc(C(C)(C)C)cc3)C(C)C)n2)CC(C)O1. The van der Waals surface area contributed by atoms with E-state index in [1.165, 1.54) is 11.3 Å². The number of aromatic nitrogens is 1. The van der Waals surface area contributed by atoms with Gasteiger partial charge >= 0.3 is 0 Å². The molecular weight excluding hydrogens is 448 g/mol. The molecule has 34 heavy (non-hydrogen) atoms. The summed E-state index contributed by atoms with van der Waals surface area (Å²) in [6.45, 7) is 16.8. The summed E-state index contributed by atoms with van der Waals surface area (Å²) in [6.07, 6.45) is 0.392. The van der Waals surface area contributed by atoms with Crippen molar-refractivity contribution < 1.29 is 14.3 Å². The van der Waals surface area contributed by atoms with E-state index in [0.717, 1.165) is 30.9 Å². The van der Waals surface area contributed by atoms with Crippen molar-refractivity contribution in [2.24, 2.45) is 5.92 Å². The van der Waals surface area contributed by atoms with Crippen molar-refractivity contribution in [1.82, 2.24) is 15.2 Å². The fourth-order valence-corrected chi connectivity index (χ4v) is 4.85. The standard InChI is InChI=1S/C26H38N4O3S/c1-16(2)22(28-23(31)19-8-10-20(11-9-19)26(5,6)7)24(32)29-25-27-21(15-34-25)14-30-12-17(3)33-18(4)13-30/h8-11,15-18,22H,12-14H2,1-7H3,(H,28,31)(H,27,29,32). The normalized spacial score (nSPS) is 20.2. The van der Waals surface area contributed by atoms with Crippen molar-refractivity contribution in [3.8, 4) is 0 Å². The molecule has 2 aromatic rings. The molecule has 3 rings (SSSR count). The summed E-state index contributed by atoms with van der Waals surface area (Å²) >= 11 is 1.40. The minimum atomic E-state index is -0.664. The first-order chi connectivity index (χ1) is 15.9. The Labute approximate surface area is 207 Å². The molecule has 0 saturated carbocycles. The van der Waals surface area contributed by atoms with Crippen LogP contribution in [0.5, 0.6) is 0 Å². The number of nitrogens with zero attached hydrogens (tertiary/aromatic N) is 2. The fraction of sp³-hybridized carbons (Fsp3) is 0.577. The second kappa shape index (κ2) is 11.0. The molecule has 1 fully saturated rings. The Kier molecular flexibility index (Phi) is 8.49. The molecule has 0 radical (unpaired) electrons. The topological polar surface area (TPSA) is 83.6 Å². The van der Waals surface area contributed by atoms with Crippen LogP contribution in [0.25, 0.3) is 0 Å². The predicted octanol–water partition coefficient (Wildman–Crippen LogP) is 4.44. The van der Waals surface area contributed by atoms with Crippen LogP contribution in [-0.4, -0.2) is 53.0 Å². The van der Waals surface area contributed by atoms with Crippen molar-refractivity contribution in [1.29, 1.82) is 0 Å². The molecule has 1 aliphatic heterocycles. The highest BCUT2D eigenvalue weighted by molar-refractivity contribution is 7.13. The average Bonchev–Trinajstić information content (AvgIpc) is 3.16. The van der Waals surface area contributed by atoms with E-state index in [0.29, 0.717) is 10.7 Å². The van der Waals surface area contributed by atoms with Gasteiger partial charge in [0.2, 0.25) is 5.91 Å². The maximum Gasteiger partial charge on any atom is 0.251 e. The lowest BCUT2D eigenvalue weighted by Gasteiger charge is -2.34. The van der Waals surface area contributed by atoms with Gasteiger partial charge in [0.25, 0.3) is 5.91 Å². The lowest BCUT2D eigenvalue weighted by molar-refractivity contribution is -0.118. The molecule has 1 aliphatic rings. The lowest BCUT2D eigenvalue weighted by atomic mass is 9.86. The zero-order valence-corrected chi connectivity index (χ0v) is 22.2. The quantitative estimate of drug-likeness (QED) is 0.604. The number of amides is 2. The van der Waals surface area contributed by atoms with Gasteiger partial charge in [0, 0.05) is 30.6 Å². The van der Waals surface area contributed by atoms with E-state index < -0.39 is 6.04 Å². The molecule has 1 saturated heterocycles. The highest BCUT2D eigenvalue weighted by Gasteiger charge is 2.27. The third kappa shape index (κ3) is 7.10. The first-order valence-corrected chi connectivity index (χ1v) is 12.8. The van der Waals surface area contributed by atoms with Gasteiger partial charge in [-0.1, -0.05) is 46.8 Å². The van der Waals surface area contributed by atoms with E-state index in [1.54, 1.807) is 0 Å². The molecule has 8 heteroatoms. The van der Waals surface area contributed by atoms with Crippen LogP contribution in [0.1, 0.15) is 70.1 Å². The summed E-state index contributed by atoms with van der Waals surface area (Å²) in [5.74, 6) is -0.595. The molecule has 1 aromatic heterocycles. The monoisotopic (exact) mass is 486 g/mol. The van der Waals surface area contributed by atoms with E-state index in [9.17, 15) is 9.59 Å². The third-order valence-electron chi connectivity index (χ3n) is 5.91. The first kappa shape index (κ1) is 26.3. The largest absolute Gasteiger partial charge is 0.373 e. The summed E-state index contributed by atoms with van der Waals surface area (Å²) in [6, 6.07) is 6.89. The van der Waals surface area contributed by atoms with Crippen molar-refractivity contribution in [3.05, 3.63) is 46.5 Å². The smallest absolute Gasteiger partial charge is 0.251 e.